The van der Waals surface area contributed by atoms with Crippen molar-refractivity contribution in [1.82, 2.24) is 0 Å². The quantitative estimate of drug-likeness (QED) is 0.167. The fourth-order valence-corrected chi connectivity index (χ4v) is 4.13. The van der Waals surface area contributed by atoms with Gasteiger partial charge in [0.1, 0.15) is 0 Å². The average molecular weight is 640 g/mol. The summed E-state index contributed by atoms with van der Waals surface area (Å²) < 4.78 is 0. The van der Waals surface area contributed by atoms with Crippen LogP contribution < -0.4 is 0 Å². The molecule has 0 heterocycles. The zero-order valence-electron chi connectivity index (χ0n) is 19.0. The standard InChI is InChI=1S/C29H25.3Y/c1-28(2,23-13-7-4-8-14-23)24-19-21-27(22-20-24)29(3,25-15-9-5-10-16-25)26-17-11-6-12-18-26;;;/h7-22H,1-3H3;;;/q-3;;;. The van der Waals surface area contributed by atoms with Crippen molar-refractivity contribution in [2.45, 2.75) is 31.6 Å². The Morgan fingerprint density at radius 1 is 0.406 bits per heavy atom. The third-order valence-electron chi connectivity index (χ3n) is 6.22. The molecule has 3 heteroatoms. The van der Waals surface area contributed by atoms with E-state index in [1.807, 2.05) is 36.4 Å². The molecule has 0 fully saturated rings. The average Bonchev–Trinajstić information content (AvgIpc) is 2.80. The predicted octanol–water partition coefficient (Wildman–Crippen LogP) is 6.76. The molecule has 4 aromatic rings. The molecule has 32 heavy (non-hydrogen) atoms. The molecule has 3 radical (unpaired) electrons. The Balaban J connectivity index is 0.00000171. The van der Waals surface area contributed by atoms with E-state index < -0.39 is 0 Å². The van der Waals surface area contributed by atoms with Crippen molar-refractivity contribution in [2.75, 3.05) is 0 Å². The Morgan fingerprint density at radius 2 is 0.656 bits per heavy atom. The van der Waals surface area contributed by atoms with E-state index in [2.05, 4.69) is 99.6 Å². The zero-order chi connectivity index (χ0) is 20.3. The number of benzene rings is 4. The Hall–Kier alpha value is 0.192. The van der Waals surface area contributed by atoms with Crippen LogP contribution in [0.2, 0.25) is 0 Å². The van der Waals surface area contributed by atoms with Gasteiger partial charge in [0.15, 0.2) is 0 Å². The summed E-state index contributed by atoms with van der Waals surface area (Å²) in [6, 6.07) is 43.4. The van der Waals surface area contributed by atoms with Crippen LogP contribution in [0, 0.1) is 18.2 Å². The third kappa shape index (κ3) is 6.24. The minimum absolute atomic E-state index is 0. The number of hydrogen-bond donors (Lipinski definition) is 0. The van der Waals surface area contributed by atoms with Gasteiger partial charge in [-0.25, -0.2) is 0 Å². The van der Waals surface area contributed by atoms with Crippen molar-refractivity contribution >= 4 is 0 Å². The first-order valence-corrected chi connectivity index (χ1v) is 10.0. The molecule has 0 spiro atoms. The fraction of sp³-hybridized carbons (Fsp3) is 0.172. The summed E-state index contributed by atoms with van der Waals surface area (Å²) in [5.74, 6) is 0. The molecule has 0 unspecified atom stereocenters. The summed E-state index contributed by atoms with van der Waals surface area (Å²) in [7, 11) is 0. The summed E-state index contributed by atoms with van der Waals surface area (Å²) >= 11 is 0. The van der Waals surface area contributed by atoms with Crippen LogP contribution in [-0.2, 0) is 109 Å². The molecular formula is C29H25Y3-3. The molecule has 0 N–H and O–H groups in total. The third-order valence-corrected chi connectivity index (χ3v) is 6.22. The van der Waals surface area contributed by atoms with Crippen molar-refractivity contribution in [3.05, 3.63) is 143 Å². The van der Waals surface area contributed by atoms with Crippen LogP contribution in [0.4, 0.5) is 0 Å². The van der Waals surface area contributed by atoms with Gasteiger partial charge in [-0.15, -0.1) is 16.7 Å². The topological polar surface area (TPSA) is 0 Å². The van der Waals surface area contributed by atoms with Crippen molar-refractivity contribution in [1.29, 1.82) is 0 Å². The van der Waals surface area contributed by atoms with E-state index in [0.717, 1.165) is 0 Å². The molecule has 4 rings (SSSR count). The van der Waals surface area contributed by atoms with E-state index in [9.17, 15) is 0 Å². The normalized spacial score (nSPS) is 10.8. The minimum atomic E-state index is -0.241. The van der Waals surface area contributed by atoms with Gasteiger partial charge in [0.05, 0.1) is 0 Å². The van der Waals surface area contributed by atoms with Crippen LogP contribution >= 0.6 is 0 Å². The van der Waals surface area contributed by atoms with Crippen molar-refractivity contribution in [3.8, 4) is 0 Å². The van der Waals surface area contributed by atoms with E-state index in [1.54, 1.807) is 0 Å². The predicted molar refractivity (Wildman–Crippen MR) is 120 cm³/mol. The zero-order valence-corrected chi connectivity index (χ0v) is 27.5. The first-order chi connectivity index (χ1) is 14.0. The Morgan fingerprint density at radius 3 is 1.03 bits per heavy atom. The molecule has 0 bridgehead atoms. The molecule has 0 aromatic heterocycles. The van der Waals surface area contributed by atoms with Crippen LogP contribution in [0.25, 0.3) is 0 Å². The molecule has 0 atom stereocenters. The maximum Gasteiger partial charge on any atom is 0 e. The Labute approximate surface area is 269 Å². The largest absolute Gasteiger partial charge is 0.184 e. The van der Waals surface area contributed by atoms with Gasteiger partial charge < -0.3 is 0 Å². The van der Waals surface area contributed by atoms with E-state index in [4.69, 9.17) is 0 Å². The smallest absolute Gasteiger partial charge is 0 e. The van der Waals surface area contributed by atoms with Crippen LogP contribution in [0.15, 0.2) is 97.1 Å². The summed E-state index contributed by atoms with van der Waals surface area (Å²) in [6.07, 6.45) is 0. The van der Waals surface area contributed by atoms with Crippen LogP contribution in [-0.4, -0.2) is 0 Å². The van der Waals surface area contributed by atoms with E-state index >= 15 is 0 Å². The van der Waals surface area contributed by atoms with Crippen molar-refractivity contribution in [3.63, 3.8) is 0 Å². The monoisotopic (exact) mass is 640 g/mol. The molecular weight excluding hydrogens is 615 g/mol. The molecule has 153 valence electrons. The van der Waals surface area contributed by atoms with Crippen molar-refractivity contribution in [2.24, 2.45) is 0 Å². The first-order valence-electron chi connectivity index (χ1n) is 10.0. The second kappa shape index (κ2) is 13.3. The van der Waals surface area contributed by atoms with E-state index in [1.165, 1.54) is 27.8 Å². The summed E-state index contributed by atoms with van der Waals surface area (Å²) in [5.41, 5.74) is 6.08. The maximum absolute atomic E-state index is 3.15. The number of hydrogen-bond acceptors (Lipinski definition) is 0. The van der Waals surface area contributed by atoms with Gasteiger partial charge in [0, 0.05) is 98.1 Å². The van der Waals surface area contributed by atoms with Gasteiger partial charge in [0.25, 0.3) is 0 Å². The number of rotatable bonds is 5. The second-order valence-electron chi connectivity index (χ2n) is 8.19. The molecule has 0 amide bonds. The van der Waals surface area contributed by atoms with Gasteiger partial charge in [-0.2, -0.15) is 91.0 Å². The fourth-order valence-electron chi connectivity index (χ4n) is 4.13. The SMILES string of the molecule is CC(C)(c1cc[c-]cc1)c1ccc(C(C)(c2cc[c-]cc2)c2cc[c-]cc2)cc1.[Y].[Y].[Y]. The molecule has 0 nitrogen and oxygen atoms in total. The van der Waals surface area contributed by atoms with Crippen LogP contribution in [0.1, 0.15) is 48.6 Å². The molecule has 0 saturated heterocycles. The molecule has 0 aliphatic carbocycles. The van der Waals surface area contributed by atoms with Gasteiger partial charge in [-0.05, 0) is 22.0 Å². The minimum Gasteiger partial charge on any atom is -0.184 e. The molecule has 0 saturated carbocycles. The van der Waals surface area contributed by atoms with Gasteiger partial charge in [-0.3, -0.25) is 0 Å². The summed E-state index contributed by atoms with van der Waals surface area (Å²) in [4.78, 5) is 0. The molecule has 0 aliphatic heterocycles. The van der Waals surface area contributed by atoms with Gasteiger partial charge in [0.2, 0.25) is 0 Å². The summed E-state index contributed by atoms with van der Waals surface area (Å²) in [5, 5.41) is 0. The molecule has 0 aliphatic rings. The second-order valence-corrected chi connectivity index (χ2v) is 8.19. The summed E-state index contributed by atoms with van der Waals surface area (Å²) in [6.45, 7) is 6.85. The van der Waals surface area contributed by atoms with Crippen molar-refractivity contribution < 1.29 is 98.1 Å². The van der Waals surface area contributed by atoms with Crippen LogP contribution in [0.3, 0.4) is 0 Å². The Bertz CT molecular complexity index is 1020. The van der Waals surface area contributed by atoms with Crippen LogP contribution in [0.5, 0.6) is 0 Å². The van der Waals surface area contributed by atoms with Gasteiger partial charge in [-0.1, -0.05) is 45.0 Å². The van der Waals surface area contributed by atoms with Gasteiger partial charge >= 0.3 is 0 Å². The van der Waals surface area contributed by atoms with E-state index in [0.29, 0.717) is 0 Å². The molecule has 4 aromatic carbocycles. The first kappa shape index (κ1) is 30.2. The van der Waals surface area contributed by atoms with E-state index in [-0.39, 0.29) is 109 Å². The maximum atomic E-state index is 3.15. The Kier molecular flexibility index (Phi) is 12.6.